The van der Waals surface area contributed by atoms with Crippen molar-refractivity contribution in [1.29, 1.82) is 0 Å². The molecule has 0 unspecified atom stereocenters. The molecule has 0 spiro atoms. The van der Waals surface area contributed by atoms with E-state index >= 15 is 0 Å². The molecule has 0 amide bonds. The molecular formula is C14H12FN. The van der Waals surface area contributed by atoms with Gasteiger partial charge in [-0.15, -0.1) is 0 Å². The first-order valence-corrected chi connectivity index (χ1v) is 5.57. The molecular weight excluding hydrogens is 201 g/mol. The molecule has 1 aliphatic carbocycles. The molecule has 1 aromatic heterocycles. The number of hydrogen-bond donors (Lipinski definition) is 0. The van der Waals surface area contributed by atoms with Crippen LogP contribution in [0.3, 0.4) is 0 Å². The summed E-state index contributed by atoms with van der Waals surface area (Å²) in [6.45, 7) is 0. The molecule has 0 saturated carbocycles. The lowest BCUT2D eigenvalue weighted by Gasteiger charge is -2.07. The first kappa shape index (κ1) is 9.52. The van der Waals surface area contributed by atoms with Gasteiger partial charge in [0.25, 0.3) is 0 Å². The highest BCUT2D eigenvalue weighted by atomic mass is 19.1. The highest BCUT2D eigenvalue weighted by Crippen LogP contribution is 2.30. The maximum absolute atomic E-state index is 13.3. The number of nitrogens with zero attached hydrogens (tertiary/aromatic N) is 1. The summed E-state index contributed by atoms with van der Waals surface area (Å²) in [5.41, 5.74) is 4.35. The molecule has 1 aromatic carbocycles. The van der Waals surface area contributed by atoms with Crippen LogP contribution in [-0.4, -0.2) is 4.98 Å². The molecule has 0 saturated heterocycles. The van der Waals surface area contributed by atoms with E-state index in [9.17, 15) is 4.39 Å². The fraction of sp³-hybridized carbons (Fsp3) is 0.214. The quantitative estimate of drug-likeness (QED) is 0.653. The maximum atomic E-state index is 13.3. The van der Waals surface area contributed by atoms with Crippen LogP contribution in [0.2, 0.25) is 0 Å². The molecule has 0 N–H and O–H groups in total. The average molecular weight is 213 g/mol. The number of rotatable bonds is 0. The fourth-order valence-corrected chi connectivity index (χ4v) is 2.34. The van der Waals surface area contributed by atoms with Crippen molar-refractivity contribution in [2.24, 2.45) is 0 Å². The third kappa shape index (κ3) is 1.51. The molecule has 0 radical (unpaired) electrons. The van der Waals surface area contributed by atoms with Crippen molar-refractivity contribution < 1.29 is 4.39 Å². The van der Waals surface area contributed by atoms with Gasteiger partial charge in [-0.05, 0) is 48.6 Å². The maximum Gasteiger partial charge on any atom is 0.123 e. The lowest BCUT2D eigenvalue weighted by molar-refractivity contribution is 0.627. The second-order valence-corrected chi connectivity index (χ2v) is 4.17. The van der Waals surface area contributed by atoms with Crippen LogP contribution in [0.4, 0.5) is 4.39 Å². The Kier molecular flexibility index (Phi) is 2.21. The highest BCUT2D eigenvalue weighted by Gasteiger charge is 2.15. The third-order valence-electron chi connectivity index (χ3n) is 3.11. The first-order chi connectivity index (χ1) is 7.84. The van der Waals surface area contributed by atoms with E-state index in [4.69, 9.17) is 0 Å². The number of fused-ring (bicyclic) bond motifs is 3. The second-order valence-electron chi connectivity index (χ2n) is 4.17. The molecule has 2 heteroatoms. The smallest absolute Gasteiger partial charge is 0.123 e. The predicted molar refractivity (Wildman–Crippen MR) is 61.7 cm³/mol. The molecule has 3 rings (SSSR count). The van der Waals surface area contributed by atoms with Gasteiger partial charge in [0.05, 0.1) is 5.69 Å². The minimum Gasteiger partial charge on any atom is -0.256 e. The zero-order chi connectivity index (χ0) is 11.0. The zero-order valence-electron chi connectivity index (χ0n) is 8.91. The van der Waals surface area contributed by atoms with E-state index in [2.05, 4.69) is 11.1 Å². The topological polar surface area (TPSA) is 12.9 Å². The van der Waals surface area contributed by atoms with Gasteiger partial charge in [-0.25, -0.2) is 4.39 Å². The Balaban J connectivity index is 2.28. The van der Waals surface area contributed by atoms with E-state index in [1.54, 1.807) is 12.3 Å². The summed E-state index contributed by atoms with van der Waals surface area (Å²) in [5, 5.41) is 0. The average Bonchev–Trinajstić information content (AvgIpc) is 2.48. The SMILES string of the molecule is Fc1ccc2c(c1)-c1ncccc1CCC2. The van der Waals surface area contributed by atoms with Crippen molar-refractivity contribution in [2.45, 2.75) is 19.3 Å². The Bertz CT molecular complexity index is 534. The zero-order valence-corrected chi connectivity index (χ0v) is 8.91. The largest absolute Gasteiger partial charge is 0.256 e. The highest BCUT2D eigenvalue weighted by molar-refractivity contribution is 5.67. The van der Waals surface area contributed by atoms with Crippen LogP contribution in [-0.2, 0) is 12.8 Å². The lowest BCUT2D eigenvalue weighted by atomic mass is 10.0. The summed E-state index contributed by atoms with van der Waals surface area (Å²) >= 11 is 0. The van der Waals surface area contributed by atoms with Gasteiger partial charge in [-0.1, -0.05) is 12.1 Å². The van der Waals surface area contributed by atoms with Crippen molar-refractivity contribution in [1.82, 2.24) is 4.98 Å². The first-order valence-electron chi connectivity index (χ1n) is 5.57. The van der Waals surface area contributed by atoms with Gasteiger partial charge < -0.3 is 0 Å². The van der Waals surface area contributed by atoms with E-state index in [0.717, 1.165) is 30.5 Å². The molecule has 1 aliphatic rings. The molecule has 0 aliphatic heterocycles. The molecule has 0 bridgehead atoms. The lowest BCUT2D eigenvalue weighted by Crippen LogP contribution is -1.92. The summed E-state index contributed by atoms with van der Waals surface area (Å²) in [4.78, 5) is 4.40. The Morgan fingerprint density at radius 1 is 1.06 bits per heavy atom. The molecule has 1 heterocycles. The van der Waals surface area contributed by atoms with E-state index in [-0.39, 0.29) is 5.82 Å². The van der Waals surface area contributed by atoms with Crippen LogP contribution in [0.5, 0.6) is 0 Å². The predicted octanol–water partition coefficient (Wildman–Crippen LogP) is 3.38. The van der Waals surface area contributed by atoms with Crippen LogP contribution in [0.1, 0.15) is 17.5 Å². The number of halogens is 1. The molecule has 0 fully saturated rings. The van der Waals surface area contributed by atoms with Gasteiger partial charge in [-0.2, -0.15) is 0 Å². The van der Waals surface area contributed by atoms with E-state index < -0.39 is 0 Å². The summed E-state index contributed by atoms with van der Waals surface area (Å²) in [6.07, 6.45) is 4.92. The standard InChI is InChI=1S/C14H12FN/c15-12-7-6-10-3-1-4-11-5-2-8-16-14(11)13(10)9-12/h2,5-9H,1,3-4H2. The van der Waals surface area contributed by atoms with Crippen molar-refractivity contribution >= 4 is 0 Å². The Hall–Kier alpha value is -1.70. The van der Waals surface area contributed by atoms with Gasteiger partial charge in [0.15, 0.2) is 0 Å². The van der Waals surface area contributed by atoms with E-state index in [1.165, 1.54) is 17.2 Å². The van der Waals surface area contributed by atoms with Gasteiger partial charge in [0.1, 0.15) is 5.82 Å². The normalized spacial score (nSPS) is 13.8. The van der Waals surface area contributed by atoms with Crippen LogP contribution < -0.4 is 0 Å². The Morgan fingerprint density at radius 2 is 1.94 bits per heavy atom. The van der Waals surface area contributed by atoms with Crippen molar-refractivity contribution in [3.8, 4) is 11.3 Å². The van der Waals surface area contributed by atoms with Crippen molar-refractivity contribution in [3.63, 3.8) is 0 Å². The number of aromatic nitrogens is 1. The van der Waals surface area contributed by atoms with Crippen molar-refractivity contribution in [3.05, 3.63) is 53.5 Å². The molecule has 2 aromatic rings. The van der Waals surface area contributed by atoms with Crippen LogP contribution in [0.15, 0.2) is 36.5 Å². The minimum absolute atomic E-state index is 0.183. The Morgan fingerprint density at radius 3 is 2.88 bits per heavy atom. The van der Waals surface area contributed by atoms with Gasteiger partial charge in [0.2, 0.25) is 0 Å². The third-order valence-corrected chi connectivity index (χ3v) is 3.11. The Labute approximate surface area is 94.0 Å². The number of aryl methyl sites for hydroxylation is 2. The number of pyridine rings is 1. The minimum atomic E-state index is -0.183. The van der Waals surface area contributed by atoms with E-state index in [1.807, 2.05) is 12.1 Å². The number of hydrogen-bond acceptors (Lipinski definition) is 1. The summed E-state index contributed by atoms with van der Waals surface area (Å²) in [7, 11) is 0. The van der Waals surface area contributed by atoms with Crippen LogP contribution in [0, 0.1) is 5.82 Å². The molecule has 1 nitrogen and oxygen atoms in total. The van der Waals surface area contributed by atoms with Gasteiger partial charge >= 0.3 is 0 Å². The van der Waals surface area contributed by atoms with Crippen molar-refractivity contribution in [2.75, 3.05) is 0 Å². The second kappa shape index (κ2) is 3.71. The van der Waals surface area contributed by atoms with Gasteiger partial charge in [-0.3, -0.25) is 4.98 Å². The monoisotopic (exact) mass is 213 g/mol. The van der Waals surface area contributed by atoms with Crippen LogP contribution in [0.25, 0.3) is 11.3 Å². The summed E-state index contributed by atoms with van der Waals surface area (Å²) in [6, 6.07) is 9.05. The fourth-order valence-electron chi connectivity index (χ4n) is 2.34. The van der Waals surface area contributed by atoms with Gasteiger partial charge in [0, 0.05) is 11.8 Å². The number of benzene rings is 1. The summed E-state index contributed by atoms with van der Waals surface area (Å²) in [5.74, 6) is -0.183. The van der Waals surface area contributed by atoms with Crippen LogP contribution >= 0.6 is 0 Å². The molecule has 80 valence electrons. The summed E-state index contributed by atoms with van der Waals surface area (Å²) < 4.78 is 13.3. The van der Waals surface area contributed by atoms with E-state index in [0.29, 0.717) is 0 Å². The molecule has 0 atom stereocenters. The molecule has 16 heavy (non-hydrogen) atoms.